The van der Waals surface area contributed by atoms with Crippen LogP contribution in [0.25, 0.3) is 11.0 Å². The van der Waals surface area contributed by atoms with E-state index < -0.39 is 17.2 Å². The molecule has 0 spiro atoms. The van der Waals surface area contributed by atoms with E-state index in [9.17, 15) is 14.4 Å². The average Bonchev–Trinajstić information content (AvgIpc) is 3.51. The molecule has 1 aliphatic carbocycles. The van der Waals surface area contributed by atoms with Gasteiger partial charge >= 0.3 is 5.69 Å². The first-order valence-electron chi connectivity index (χ1n) is 10.00. The Bertz CT molecular complexity index is 1270. The fourth-order valence-electron chi connectivity index (χ4n) is 3.51. The van der Waals surface area contributed by atoms with Gasteiger partial charge in [-0.15, -0.1) is 0 Å². The van der Waals surface area contributed by atoms with Crippen LogP contribution in [0.4, 0.5) is 5.69 Å². The molecule has 30 heavy (non-hydrogen) atoms. The number of hydrogen-bond donors (Lipinski definition) is 2. The highest BCUT2D eigenvalue weighted by atomic mass is 35.5. The lowest BCUT2D eigenvalue weighted by Crippen LogP contribution is -2.33. The molecule has 2 aromatic heterocycles. The summed E-state index contributed by atoms with van der Waals surface area (Å²) in [5.74, 6) is -0.0621. The van der Waals surface area contributed by atoms with Crippen LogP contribution in [0.5, 0.6) is 0 Å². The van der Waals surface area contributed by atoms with Crippen molar-refractivity contribution in [3.8, 4) is 0 Å². The fourth-order valence-corrected chi connectivity index (χ4v) is 3.79. The SMILES string of the molecule is Cc1ccc(NC(=O)c2cc(C3CC3)nc3c2c(=O)[nH]c(=O)n3CC(C)C)c(Cl)c1. The zero-order valence-electron chi connectivity index (χ0n) is 17.1. The van der Waals surface area contributed by atoms with E-state index >= 15 is 0 Å². The van der Waals surface area contributed by atoms with E-state index in [1.807, 2.05) is 26.8 Å². The monoisotopic (exact) mass is 426 g/mol. The Morgan fingerprint density at radius 2 is 2.03 bits per heavy atom. The molecule has 156 valence electrons. The van der Waals surface area contributed by atoms with Crippen molar-refractivity contribution in [3.63, 3.8) is 0 Å². The topological polar surface area (TPSA) is 96.8 Å². The van der Waals surface area contributed by atoms with Gasteiger partial charge in [-0.1, -0.05) is 31.5 Å². The molecule has 1 fully saturated rings. The van der Waals surface area contributed by atoms with Crippen molar-refractivity contribution in [2.45, 2.75) is 46.1 Å². The minimum Gasteiger partial charge on any atom is -0.321 e. The number of hydrogen-bond acceptors (Lipinski definition) is 4. The largest absolute Gasteiger partial charge is 0.330 e. The highest BCUT2D eigenvalue weighted by Crippen LogP contribution is 2.40. The van der Waals surface area contributed by atoms with Gasteiger partial charge in [0.1, 0.15) is 0 Å². The number of nitrogens with zero attached hydrogens (tertiary/aromatic N) is 2. The number of carbonyl (C=O) groups is 1. The summed E-state index contributed by atoms with van der Waals surface area (Å²) in [5, 5.41) is 3.32. The first-order chi connectivity index (χ1) is 14.2. The number of rotatable bonds is 5. The fraction of sp³-hybridized carbons (Fsp3) is 0.364. The number of amides is 1. The van der Waals surface area contributed by atoms with E-state index in [0.717, 1.165) is 24.1 Å². The molecule has 2 N–H and O–H groups in total. The summed E-state index contributed by atoms with van der Waals surface area (Å²) in [6.45, 7) is 6.24. The Kier molecular flexibility index (Phi) is 5.24. The molecule has 0 saturated heterocycles. The normalized spacial score (nSPS) is 13.8. The van der Waals surface area contributed by atoms with Crippen LogP contribution in [0.2, 0.25) is 5.02 Å². The number of H-pyrrole nitrogens is 1. The lowest BCUT2D eigenvalue weighted by atomic mass is 10.1. The lowest BCUT2D eigenvalue weighted by Gasteiger charge is -2.15. The van der Waals surface area contributed by atoms with Crippen LogP contribution in [0.15, 0.2) is 33.9 Å². The molecular weight excluding hydrogens is 404 g/mol. The summed E-state index contributed by atoms with van der Waals surface area (Å²) in [6.07, 6.45) is 1.95. The summed E-state index contributed by atoms with van der Waals surface area (Å²) >= 11 is 6.27. The van der Waals surface area contributed by atoms with Crippen LogP contribution < -0.4 is 16.6 Å². The molecule has 0 aliphatic heterocycles. The van der Waals surface area contributed by atoms with Crippen LogP contribution in [0, 0.1) is 12.8 Å². The summed E-state index contributed by atoms with van der Waals surface area (Å²) < 4.78 is 1.45. The molecule has 1 aliphatic rings. The molecule has 3 aromatic rings. The van der Waals surface area contributed by atoms with Crippen LogP contribution in [-0.4, -0.2) is 20.4 Å². The maximum Gasteiger partial charge on any atom is 0.330 e. The molecule has 1 saturated carbocycles. The van der Waals surface area contributed by atoms with Crippen molar-refractivity contribution in [3.05, 3.63) is 66.9 Å². The molecule has 0 unspecified atom stereocenters. The summed E-state index contributed by atoms with van der Waals surface area (Å²) in [6, 6.07) is 6.98. The van der Waals surface area contributed by atoms with Gasteiger partial charge < -0.3 is 5.32 Å². The number of carbonyl (C=O) groups excluding carboxylic acids is 1. The Labute approximate surface area is 178 Å². The van der Waals surface area contributed by atoms with Crippen molar-refractivity contribution >= 4 is 34.2 Å². The summed E-state index contributed by atoms with van der Waals surface area (Å²) in [4.78, 5) is 45.3. The molecule has 0 radical (unpaired) electrons. The number of fused-ring (bicyclic) bond motifs is 1. The number of pyridine rings is 1. The lowest BCUT2D eigenvalue weighted by molar-refractivity contribution is 0.102. The van der Waals surface area contributed by atoms with Gasteiger partial charge in [-0.05, 0) is 49.4 Å². The molecule has 1 aromatic carbocycles. The van der Waals surface area contributed by atoms with Crippen LogP contribution in [0.3, 0.4) is 0 Å². The van der Waals surface area contributed by atoms with E-state index in [4.69, 9.17) is 11.6 Å². The third-order valence-electron chi connectivity index (χ3n) is 5.13. The predicted molar refractivity (Wildman–Crippen MR) is 118 cm³/mol. The Morgan fingerprint density at radius 1 is 1.30 bits per heavy atom. The van der Waals surface area contributed by atoms with Crippen molar-refractivity contribution in [2.75, 3.05) is 5.32 Å². The van der Waals surface area contributed by atoms with Gasteiger partial charge in [0.05, 0.1) is 21.7 Å². The molecular formula is C22H23ClN4O3. The number of aromatic nitrogens is 3. The quantitative estimate of drug-likeness (QED) is 0.647. The minimum absolute atomic E-state index is 0.111. The van der Waals surface area contributed by atoms with Crippen molar-refractivity contribution in [1.82, 2.24) is 14.5 Å². The zero-order chi connectivity index (χ0) is 21.6. The Morgan fingerprint density at radius 3 is 2.67 bits per heavy atom. The first-order valence-corrected chi connectivity index (χ1v) is 10.4. The first kappa shape index (κ1) is 20.3. The van der Waals surface area contributed by atoms with E-state index in [-0.39, 0.29) is 28.4 Å². The minimum atomic E-state index is -0.620. The standard InChI is InChI=1S/C22H23ClN4O3/c1-11(2)10-27-19-18(21(29)26-22(27)30)14(9-17(24-19)13-5-6-13)20(28)25-16-7-4-12(3)8-15(16)23/h4,7-9,11,13H,5-6,10H2,1-3H3,(H,25,28)(H,26,29,30). The van der Waals surface area contributed by atoms with Crippen molar-refractivity contribution in [1.29, 1.82) is 0 Å². The van der Waals surface area contributed by atoms with Gasteiger partial charge in [0.25, 0.3) is 11.5 Å². The molecule has 0 atom stereocenters. The second kappa shape index (κ2) is 7.72. The van der Waals surface area contributed by atoms with E-state index in [2.05, 4.69) is 15.3 Å². The summed E-state index contributed by atoms with van der Waals surface area (Å²) in [5.41, 5.74) is 1.46. The smallest absolute Gasteiger partial charge is 0.321 e. The van der Waals surface area contributed by atoms with Crippen LogP contribution in [-0.2, 0) is 6.54 Å². The predicted octanol–water partition coefficient (Wildman–Crippen LogP) is 3.83. The summed E-state index contributed by atoms with van der Waals surface area (Å²) in [7, 11) is 0. The number of anilines is 1. The zero-order valence-corrected chi connectivity index (χ0v) is 17.8. The van der Waals surface area contributed by atoms with Gasteiger partial charge in [0.15, 0.2) is 5.65 Å². The maximum absolute atomic E-state index is 13.2. The van der Waals surface area contributed by atoms with Crippen molar-refractivity contribution < 1.29 is 4.79 Å². The van der Waals surface area contributed by atoms with E-state index in [1.54, 1.807) is 18.2 Å². The highest BCUT2D eigenvalue weighted by molar-refractivity contribution is 6.34. The highest BCUT2D eigenvalue weighted by Gasteiger charge is 2.29. The third kappa shape index (κ3) is 3.89. The Hall–Kier alpha value is -2.93. The van der Waals surface area contributed by atoms with Gasteiger partial charge in [0, 0.05) is 18.2 Å². The number of halogens is 1. The van der Waals surface area contributed by atoms with Gasteiger partial charge in [0.2, 0.25) is 0 Å². The maximum atomic E-state index is 13.2. The number of benzene rings is 1. The number of aromatic amines is 1. The van der Waals surface area contributed by atoms with E-state index in [1.165, 1.54) is 4.57 Å². The van der Waals surface area contributed by atoms with Gasteiger partial charge in [-0.25, -0.2) is 9.78 Å². The second-order valence-corrected chi connectivity index (χ2v) is 8.68. The third-order valence-corrected chi connectivity index (χ3v) is 5.44. The number of nitrogens with one attached hydrogen (secondary N) is 2. The van der Waals surface area contributed by atoms with Crippen LogP contribution in [0.1, 0.15) is 54.2 Å². The van der Waals surface area contributed by atoms with E-state index in [0.29, 0.717) is 17.3 Å². The average molecular weight is 427 g/mol. The molecule has 0 bridgehead atoms. The molecule has 7 nitrogen and oxygen atoms in total. The molecule has 4 rings (SSSR count). The second-order valence-electron chi connectivity index (χ2n) is 8.27. The molecule has 1 amide bonds. The van der Waals surface area contributed by atoms with Crippen LogP contribution >= 0.6 is 11.6 Å². The number of aryl methyl sites for hydroxylation is 1. The van der Waals surface area contributed by atoms with Gasteiger partial charge in [-0.2, -0.15) is 0 Å². The van der Waals surface area contributed by atoms with Gasteiger partial charge in [-0.3, -0.25) is 19.1 Å². The van der Waals surface area contributed by atoms with Crippen molar-refractivity contribution in [2.24, 2.45) is 5.92 Å². The molecule has 2 heterocycles. The molecule has 8 heteroatoms. The Balaban J connectivity index is 1.90.